The van der Waals surface area contributed by atoms with Gasteiger partial charge in [-0.2, -0.15) is 5.10 Å². The second-order valence-electron chi connectivity index (χ2n) is 2.13. The largest absolute Gasteiger partial charge is 0.296 e. The highest BCUT2D eigenvalue weighted by molar-refractivity contribution is 5.74. The number of carbonyl (C=O) groups excluding carboxylic acids is 1. The van der Waals surface area contributed by atoms with Crippen LogP contribution in [0.1, 0.15) is 10.5 Å². The molecule has 0 saturated heterocycles. The van der Waals surface area contributed by atoms with E-state index in [9.17, 15) is 4.79 Å². The number of hydrogen-bond donors (Lipinski definition) is 0. The van der Waals surface area contributed by atoms with E-state index in [2.05, 4.69) is 10.1 Å². The number of fused-ring (bicyclic) bond motifs is 1. The summed E-state index contributed by atoms with van der Waals surface area (Å²) >= 11 is 0. The highest BCUT2D eigenvalue weighted by atomic mass is 16.1. The Balaban J connectivity index is 2.78. The number of aromatic nitrogens is 3. The van der Waals surface area contributed by atoms with Crippen molar-refractivity contribution in [3.05, 3.63) is 30.4 Å². The van der Waals surface area contributed by atoms with Gasteiger partial charge in [-0.05, 0) is 6.07 Å². The molecule has 0 aliphatic carbocycles. The van der Waals surface area contributed by atoms with Gasteiger partial charge < -0.3 is 0 Å². The van der Waals surface area contributed by atoms with E-state index in [0.29, 0.717) is 12.0 Å². The van der Waals surface area contributed by atoms with Gasteiger partial charge in [0.15, 0.2) is 6.29 Å². The van der Waals surface area contributed by atoms with E-state index < -0.39 is 0 Å². The van der Waals surface area contributed by atoms with E-state index >= 15 is 0 Å². The predicted octanol–water partition coefficient (Wildman–Crippen LogP) is 0.542. The molecule has 2 heterocycles. The molecule has 2 aromatic heterocycles. The predicted molar refractivity (Wildman–Crippen MR) is 38.4 cm³/mol. The van der Waals surface area contributed by atoms with Crippen LogP contribution in [0.2, 0.25) is 0 Å². The van der Waals surface area contributed by atoms with Gasteiger partial charge in [-0.3, -0.25) is 9.78 Å². The molecule has 0 saturated carbocycles. The first kappa shape index (κ1) is 6.03. The Kier molecular flexibility index (Phi) is 1.18. The van der Waals surface area contributed by atoms with E-state index in [1.54, 1.807) is 29.2 Å². The molecule has 2 aromatic rings. The van der Waals surface area contributed by atoms with Crippen molar-refractivity contribution in [2.75, 3.05) is 0 Å². The zero-order chi connectivity index (χ0) is 7.68. The Hall–Kier alpha value is -1.71. The van der Waals surface area contributed by atoms with Crippen LogP contribution in [0.5, 0.6) is 0 Å². The van der Waals surface area contributed by atoms with Crippen molar-refractivity contribution in [2.45, 2.75) is 0 Å². The van der Waals surface area contributed by atoms with Crippen LogP contribution in [0, 0.1) is 0 Å². The second-order valence-corrected chi connectivity index (χ2v) is 2.13. The summed E-state index contributed by atoms with van der Waals surface area (Å²) in [6.07, 6.45) is 5.68. The summed E-state index contributed by atoms with van der Waals surface area (Å²) in [5, 5.41) is 3.94. The Morgan fingerprint density at radius 1 is 1.55 bits per heavy atom. The molecule has 0 fully saturated rings. The fourth-order valence-corrected chi connectivity index (χ4v) is 0.923. The van der Waals surface area contributed by atoms with E-state index in [1.165, 1.54) is 0 Å². The maximum Gasteiger partial charge on any atom is 0.170 e. The minimum absolute atomic E-state index is 0.429. The van der Waals surface area contributed by atoms with E-state index in [0.717, 1.165) is 5.52 Å². The van der Waals surface area contributed by atoms with Crippen LogP contribution in [0.15, 0.2) is 24.7 Å². The smallest absolute Gasteiger partial charge is 0.170 e. The lowest BCUT2D eigenvalue weighted by molar-refractivity contribution is 0.111. The van der Waals surface area contributed by atoms with E-state index in [4.69, 9.17) is 0 Å². The lowest BCUT2D eigenvalue weighted by Gasteiger charge is -1.86. The maximum atomic E-state index is 10.3. The van der Waals surface area contributed by atoms with Crippen molar-refractivity contribution < 1.29 is 4.79 Å². The first-order chi connectivity index (χ1) is 5.40. The molecule has 0 unspecified atom stereocenters. The fraction of sp³-hybridized carbons (Fsp3) is 0. The minimum Gasteiger partial charge on any atom is -0.296 e. The SMILES string of the molecule is O=Cc1cc2cnccn2n1. The minimum atomic E-state index is 0.429. The summed E-state index contributed by atoms with van der Waals surface area (Å²) in [4.78, 5) is 14.2. The normalized spacial score (nSPS) is 10.2. The molecule has 0 radical (unpaired) electrons. The quantitative estimate of drug-likeness (QED) is 0.553. The van der Waals surface area contributed by atoms with Gasteiger partial charge in [0.1, 0.15) is 5.69 Å². The van der Waals surface area contributed by atoms with Crippen molar-refractivity contribution >= 4 is 11.8 Å². The Bertz CT molecular complexity index is 360. The lowest BCUT2D eigenvalue weighted by atomic mass is 10.4. The molecule has 0 spiro atoms. The molecule has 0 aliphatic heterocycles. The molecular formula is C7H5N3O. The first-order valence-electron chi connectivity index (χ1n) is 3.15. The van der Waals surface area contributed by atoms with E-state index in [1.807, 2.05) is 0 Å². The monoisotopic (exact) mass is 147 g/mol. The molecule has 0 amide bonds. The van der Waals surface area contributed by atoms with Crippen LogP contribution in [0.3, 0.4) is 0 Å². The summed E-state index contributed by atoms with van der Waals surface area (Å²) in [5.41, 5.74) is 1.26. The van der Waals surface area contributed by atoms with Gasteiger partial charge in [0.2, 0.25) is 0 Å². The van der Waals surface area contributed by atoms with Gasteiger partial charge in [0.25, 0.3) is 0 Å². The first-order valence-corrected chi connectivity index (χ1v) is 3.15. The third-order valence-corrected chi connectivity index (χ3v) is 1.40. The number of aldehydes is 1. The fourth-order valence-electron chi connectivity index (χ4n) is 0.923. The molecule has 11 heavy (non-hydrogen) atoms. The third-order valence-electron chi connectivity index (χ3n) is 1.40. The van der Waals surface area contributed by atoms with Crippen molar-refractivity contribution in [1.29, 1.82) is 0 Å². The zero-order valence-corrected chi connectivity index (χ0v) is 5.64. The highest BCUT2D eigenvalue weighted by Crippen LogP contribution is 2.00. The maximum absolute atomic E-state index is 10.3. The van der Waals surface area contributed by atoms with Crippen LogP contribution in [0.4, 0.5) is 0 Å². The van der Waals surface area contributed by atoms with Crippen LogP contribution in [-0.4, -0.2) is 20.9 Å². The lowest BCUT2D eigenvalue weighted by Crippen LogP contribution is -1.86. The highest BCUT2D eigenvalue weighted by Gasteiger charge is 1.97. The molecule has 0 atom stereocenters. The Labute approximate surface area is 62.5 Å². The van der Waals surface area contributed by atoms with Gasteiger partial charge in [0.05, 0.1) is 11.7 Å². The molecule has 0 bridgehead atoms. The number of carbonyl (C=O) groups is 1. The van der Waals surface area contributed by atoms with Gasteiger partial charge in [0, 0.05) is 12.4 Å². The van der Waals surface area contributed by atoms with Gasteiger partial charge in [-0.15, -0.1) is 0 Å². The third kappa shape index (κ3) is 0.881. The summed E-state index contributed by atoms with van der Waals surface area (Å²) < 4.78 is 1.61. The standard InChI is InChI=1S/C7H5N3O/c11-5-6-3-7-4-8-1-2-10(7)9-6/h1-5H. The average molecular weight is 147 g/mol. The summed E-state index contributed by atoms with van der Waals surface area (Å²) in [5.74, 6) is 0. The van der Waals surface area contributed by atoms with Crippen molar-refractivity contribution in [2.24, 2.45) is 0 Å². The molecule has 0 aromatic carbocycles. The summed E-state index contributed by atoms with van der Waals surface area (Å²) in [6, 6.07) is 1.68. The van der Waals surface area contributed by atoms with Gasteiger partial charge >= 0.3 is 0 Å². The Morgan fingerprint density at radius 3 is 3.18 bits per heavy atom. The van der Waals surface area contributed by atoms with Crippen LogP contribution < -0.4 is 0 Å². The summed E-state index contributed by atoms with van der Waals surface area (Å²) in [6.45, 7) is 0. The van der Waals surface area contributed by atoms with Gasteiger partial charge in [-0.1, -0.05) is 0 Å². The van der Waals surface area contributed by atoms with Gasteiger partial charge in [-0.25, -0.2) is 4.52 Å². The molecule has 54 valence electrons. The number of nitrogens with zero attached hydrogens (tertiary/aromatic N) is 3. The van der Waals surface area contributed by atoms with Crippen LogP contribution in [-0.2, 0) is 0 Å². The second kappa shape index (κ2) is 2.16. The van der Waals surface area contributed by atoms with E-state index in [-0.39, 0.29) is 0 Å². The number of hydrogen-bond acceptors (Lipinski definition) is 3. The number of rotatable bonds is 1. The average Bonchev–Trinajstić information content (AvgIpc) is 2.46. The topological polar surface area (TPSA) is 47.3 Å². The van der Waals surface area contributed by atoms with Crippen LogP contribution in [0.25, 0.3) is 5.52 Å². The summed E-state index contributed by atoms with van der Waals surface area (Å²) in [7, 11) is 0. The molecule has 0 N–H and O–H groups in total. The molecular weight excluding hydrogens is 142 g/mol. The van der Waals surface area contributed by atoms with Crippen LogP contribution >= 0.6 is 0 Å². The molecule has 4 nitrogen and oxygen atoms in total. The van der Waals surface area contributed by atoms with Crippen molar-refractivity contribution in [1.82, 2.24) is 14.6 Å². The zero-order valence-electron chi connectivity index (χ0n) is 5.64. The van der Waals surface area contributed by atoms with Crippen molar-refractivity contribution in [3.8, 4) is 0 Å². The molecule has 0 aliphatic rings. The molecule has 4 heteroatoms. The molecule has 2 rings (SSSR count). The Morgan fingerprint density at radius 2 is 2.45 bits per heavy atom. The van der Waals surface area contributed by atoms with Crippen molar-refractivity contribution in [3.63, 3.8) is 0 Å².